The molecule has 0 saturated heterocycles. The summed E-state index contributed by atoms with van der Waals surface area (Å²) < 4.78 is 0. The van der Waals surface area contributed by atoms with Gasteiger partial charge in [0.05, 0.1) is 0 Å². The van der Waals surface area contributed by atoms with Crippen LogP contribution in [0.1, 0.15) is 58.4 Å². The van der Waals surface area contributed by atoms with Gasteiger partial charge in [-0.1, -0.05) is 45.7 Å². The van der Waals surface area contributed by atoms with Gasteiger partial charge in [0, 0.05) is 24.7 Å². The van der Waals surface area contributed by atoms with E-state index in [0.717, 1.165) is 18.5 Å². The molecular weight excluding hydrogens is 260 g/mol. The third-order valence-corrected chi connectivity index (χ3v) is 4.15. The molecule has 1 aromatic rings. The van der Waals surface area contributed by atoms with Crippen LogP contribution in [0.4, 0.5) is 5.69 Å². The first-order valence-corrected chi connectivity index (χ1v) is 8.09. The number of anilines is 1. The maximum absolute atomic E-state index is 11.8. The molecule has 0 spiro atoms. The molecule has 3 heteroatoms. The Morgan fingerprint density at radius 2 is 1.76 bits per heavy atom. The van der Waals surface area contributed by atoms with Gasteiger partial charge in [0.1, 0.15) is 0 Å². The van der Waals surface area contributed by atoms with Crippen LogP contribution in [-0.4, -0.2) is 18.5 Å². The van der Waals surface area contributed by atoms with Crippen molar-refractivity contribution < 1.29 is 4.79 Å². The van der Waals surface area contributed by atoms with Gasteiger partial charge >= 0.3 is 0 Å². The minimum atomic E-state index is 0.167. The fraction of sp³-hybridized carbons (Fsp3) is 0.611. The molecule has 0 aromatic heterocycles. The van der Waals surface area contributed by atoms with Crippen molar-refractivity contribution in [3.05, 3.63) is 29.8 Å². The van der Waals surface area contributed by atoms with Crippen LogP contribution in [0, 0.1) is 0 Å². The van der Waals surface area contributed by atoms with Crippen LogP contribution in [-0.2, 0) is 10.2 Å². The largest absolute Gasteiger partial charge is 0.385 e. The lowest BCUT2D eigenvalue weighted by Gasteiger charge is -2.19. The molecule has 116 valence electrons. The molecule has 0 bridgehead atoms. The van der Waals surface area contributed by atoms with Gasteiger partial charge in [-0.25, -0.2) is 0 Å². The zero-order valence-electron chi connectivity index (χ0n) is 13.5. The van der Waals surface area contributed by atoms with Crippen molar-refractivity contribution in [3.63, 3.8) is 0 Å². The molecule has 2 rings (SSSR count). The molecule has 1 aliphatic carbocycles. The second-order valence-electron chi connectivity index (χ2n) is 7.05. The summed E-state index contributed by atoms with van der Waals surface area (Å²) >= 11 is 0. The van der Waals surface area contributed by atoms with E-state index in [0.29, 0.717) is 19.0 Å². The van der Waals surface area contributed by atoms with Crippen molar-refractivity contribution in [2.75, 3.05) is 11.9 Å². The summed E-state index contributed by atoms with van der Waals surface area (Å²) in [6.07, 6.45) is 5.34. The van der Waals surface area contributed by atoms with Crippen LogP contribution in [0.3, 0.4) is 0 Å². The highest BCUT2D eigenvalue weighted by Crippen LogP contribution is 2.23. The van der Waals surface area contributed by atoms with Gasteiger partial charge < -0.3 is 10.6 Å². The molecule has 1 aromatic carbocycles. The van der Waals surface area contributed by atoms with Gasteiger partial charge in [-0.05, 0) is 36.0 Å². The summed E-state index contributed by atoms with van der Waals surface area (Å²) in [6.45, 7) is 7.32. The van der Waals surface area contributed by atoms with Crippen LogP contribution in [0.2, 0.25) is 0 Å². The SMILES string of the molecule is CC(C)(C)c1ccc(NCCC(=O)NC2CCCC2)cc1. The van der Waals surface area contributed by atoms with Gasteiger partial charge in [-0.15, -0.1) is 0 Å². The van der Waals surface area contributed by atoms with Gasteiger partial charge in [-0.3, -0.25) is 4.79 Å². The molecule has 0 radical (unpaired) electrons. The Morgan fingerprint density at radius 1 is 1.14 bits per heavy atom. The molecule has 1 saturated carbocycles. The number of amides is 1. The lowest BCUT2D eigenvalue weighted by Crippen LogP contribution is -2.33. The Bertz CT molecular complexity index is 453. The summed E-state index contributed by atoms with van der Waals surface area (Å²) in [4.78, 5) is 11.8. The molecule has 1 amide bonds. The maximum Gasteiger partial charge on any atom is 0.221 e. The molecule has 0 heterocycles. The minimum Gasteiger partial charge on any atom is -0.385 e. The third-order valence-electron chi connectivity index (χ3n) is 4.15. The first-order valence-electron chi connectivity index (χ1n) is 8.09. The Morgan fingerprint density at radius 3 is 2.33 bits per heavy atom. The summed E-state index contributed by atoms with van der Waals surface area (Å²) in [5, 5.41) is 6.43. The smallest absolute Gasteiger partial charge is 0.221 e. The van der Waals surface area contributed by atoms with E-state index in [1.165, 1.54) is 18.4 Å². The average molecular weight is 288 g/mol. The van der Waals surface area contributed by atoms with Crippen molar-refractivity contribution in [2.45, 2.75) is 64.3 Å². The fourth-order valence-corrected chi connectivity index (χ4v) is 2.78. The van der Waals surface area contributed by atoms with Crippen LogP contribution in [0.25, 0.3) is 0 Å². The van der Waals surface area contributed by atoms with Gasteiger partial charge in [0.15, 0.2) is 0 Å². The predicted molar refractivity (Wildman–Crippen MR) is 88.6 cm³/mol. The Hall–Kier alpha value is -1.51. The first-order chi connectivity index (χ1) is 9.95. The number of hydrogen-bond donors (Lipinski definition) is 2. The van der Waals surface area contributed by atoms with Crippen molar-refractivity contribution >= 4 is 11.6 Å². The topological polar surface area (TPSA) is 41.1 Å². The zero-order chi connectivity index (χ0) is 15.3. The monoisotopic (exact) mass is 288 g/mol. The molecular formula is C18H28N2O. The number of carbonyl (C=O) groups excluding carboxylic acids is 1. The highest BCUT2D eigenvalue weighted by Gasteiger charge is 2.16. The second kappa shape index (κ2) is 6.97. The highest BCUT2D eigenvalue weighted by atomic mass is 16.1. The highest BCUT2D eigenvalue weighted by molar-refractivity contribution is 5.76. The molecule has 2 N–H and O–H groups in total. The van der Waals surface area contributed by atoms with Gasteiger partial charge in [0.2, 0.25) is 5.91 Å². The molecule has 21 heavy (non-hydrogen) atoms. The van der Waals surface area contributed by atoms with Crippen LogP contribution in [0.15, 0.2) is 24.3 Å². The van der Waals surface area contributed by atoms with E-state index in [1.807, 2.05) is 0 Å². The second-order valence-corrected chi connectivity index (χ2v) is 7.05. The average Bonchev–Trinajstić information content (AvgIpc) is 2.91. The van der Waals surface area contributed by atoms with Crippen molar-refractivity contribution in [3.8, 4) is 0 Å². The summed E-state index contributed by atoms with van der Waals surface area (Å²) in [5.74, 6) is 0.167. The zero-order valence-corrected chi connectivity index (χ0v) is 13.5. The maximum atomic E-state index is 11.8. The molecule has 0 aliphatic heterocycles. The van der Waals surface area contributed by atoms with E-state index in [2.05, 4.69) is 55.7 Å². The van der Waals surface area contributed by atoms with Gasteiger partial charge in [-0.2, -0.15) is 0 Å². The minimum absolute atomic E-state index is 0.167. The number of nitrogens with one attached hydrogen (secondary N) is 2. The van der Waals surface area contributed by atoms with E-state index < -0.39 is 0 Å². The van der Waals surface area contributed by atoms with Crippen LogP contribution >= 0.6 is 0 Å². The predicted octanol–water partition coefficient (Wildman–Crippen LogP) is 3.84. The fourth-order valence-electron chi connectivity index (χ4n) is 2.78. The van der Waals surface area contributed by atoms with E-state index >= 15 is 0 Å². The molecule has 0 atom stereocenters. The van der Waals surface area contributed by atoms with E-state index in [4.69, 9.17) is 0 Å². The number of hydrogen-bond acceptors (Lipinski definition) is 2. The van der Waals surface area contributed by atoms with Crippen molar-refractivity contribution in [1.29, 1.82) is 0 Å². The Kier molecular flexibility index (Phi) is 5.27. The van der Waals surface area contributed by atoms with Crippen molar-refractivity contribution in [2.24, 2.45) is 0 Å². The first kappa shape index (κ1) is 15.9. The Balaban J connectivity index is 1.71. The third kappa shape index (κ3) is 5.07. The number of rotatable bonds is 5. The molecule has 0 unspecified atom stereocenters. The van der Waals surface area contributed by atoms with Crippen molar-refractivity contribution in [1.82, 2.24) is 5.32 Å². The summed E-state index contributed by atoms with van der Waals surface area (Å²) in [7, 11) is 0. The molecule has 1 fully saturated rings. The van der Waals surface area contributed by atoms with E-state index in [9.17, 15) is 4.79 Å². The standard InChI is InChI=1S/C18H28N2O/c1-18(2,3)14-8-10-15(11-9-14)19-13-12-17(21)20-16-6-4-5-7-16/h8-11,16,19H,4-7,12-13H2,1-3H3,(H,20,21). The summed E-state index contributed by atoms with van der Waals surface area (Å²) in [6, 6.07) is 8.91. The lowest BCUT2D eigenvalue weighted by atomic mass is 9.87. The van der Waals surface area contributed by atoms with E-state index in [-0.39, 0.29) is 11.3 Å². The lowest BCUT2D eigenvalue weighted by molar-refractivity contribution is -0.121. The van der Waals surface area contributed by atoms with E-state index in [1.54, 1.807) is 0 Å². The molecule has 1 aliphatic rings. The Labute approximate surface area is 128 Å². The molecule has 3 nitrogen and oxygen atoms in total. The van der Waals surface area contributed by atoms with Gasteiger partial charge in [0.25, 0.3) is 0 Å². The normalized spacial score (nSPS) is 16.0. The number of benzene rings is 1. The van der Waals surface area contributed by atoms with Crippen LogP contribution in [0.5, 0.6) is 0 Å². The van der Waals surface area contributed by atoms with Crippen LogP contribution < -0.4 is 10.6 Å². The quantitative estimate of drug-likeness (QED) is 0.864. The summed E-state index contributed by atoms with van der Waals surface area (Å²) in [5.41, 5.74) is 2.59. The number of carbonyl (C=O) groups is 1.